The van der Waals surface area contributed by atoms with Crippen LogP contribution in [0.2, 0.25) is 0 Å². The van der Waals surface area contributed by atoms with Gasteiger partial charge in [-0.3, -0.25) is 4.79 Å². The highest BCUT2D eigenvalue weighted by Crippen LogP contribution is 2.23. The van der Waals surface area contributed by atoms with Crippen molar-refractivity contribution in [2.24, 2.45) is 5.92 Å². The van der Waals surface area contributed by atoms with E-state index >= 15 is 0 Å². The lowest BCUT2D eigenvalue weighted by Gasteiger charge is -2.17. The van der Waals surface area contributed by atoms with Gasteiger partial charge < -0.3 is 9.73 Å². The second-order valence-electron chi connectivity index (χ2n) is 6.90. The van der Waals surface area contributed by atoms with Crippen LogP contribution in [0.15, 0.2) is 40.1 Å². The van der Waals surface area contributed by atoms with E-state index in [1.807, 2.05) is 35.7 Å². The molecular weight excluding hydrogens is 360 g/mol. The van der Waals surface area contributed by atoms with Crippen molar-refractivity contribution >= 4 is 17.2 Å². The van der Waals surface area contributed by atoms with E-state index in [-0.39, 0.29) is 11.9 Å². The normalized spacial score (nSPS) is 12.3. The van der Waals surface area contributed by atoms with Gasteiger partial charge in [0.2, 0.25) is 17.7 Å². The van der Waals surface area contributed by atoms with Crippen molar-refractivity contribution in [1.82, 2.24) is 20.5 Å². The number of nitrogens with one attached hydrogen (secondary N) is 1. The molecule has 0 radical (unpaired) electrons. The minimum Gasteiger partial charge on any atom is -0.423 e. The van der Waals surface area contributed by atoms with Crippen LogP contribution in [0.3, 0.4) is 0 Å². The number of amides is 1. The molecule has 1 unspecified atom stereocenters. The highest BCUT2D eigenvalue weighted by molar-refractivity contribution is 7.09. The van der Waals surface area contributed by atoms with Crippen molar-refractivity contribution in [1.29, 1.82) is 0 Å². The maximum Gasteiger partial charge on any atom is 0.238 e. The molecule has 142 valence electrons. The SMILES string of the molecule is Cc1nnc(C(CC(C)C)NC(=O)CCc2nc(-c3ccccc3)cs2)o1. The van der Waals surface area contributed by atoms with Crippen LogP contribution in [-0.2, 0) is 11.2 Å². The van der Waals surface area contributed by atoms with Gasteiger partial charge in [0.05, 0.1) is 10.7 Å². The molecule has 0 saturated heterocycles. The van der Waals surface area contributed by atoms with E-state index in [9.17, 15) is 4.79 Å². The standard InChI is InChI=1S/C20H24N4O2S/c1-13(2)11-16(20-24-23-14(3)26-20)21-18(25)9-10-19-22-17(12-27-19)15-7-5-4-6-8-15/h4-8,12-13,16H,9-11H2,1-3H3,(H,21,25). The number of benzene rings is 1. The second-order valence-corrected chi connectivity index (χ2v) is 7.84. The van der Waals surface area contributed by atoms with E-state index < -0.39 is 0 Å². The summed E-state index contributed by atoms with van der Waals surface area (Å²) in [6.45, 7) is 5.95. The van der Waals surface area contributed by atoms with Gasteiger partial charge in [-0.2, -0.15) is 0 Å². The molecule has 6 nitrogen and oxygen atoms in total. The van der Waals surface area contributed by atoms with E-state index in [0.717, 1.165) is 22.7 Å². The first-order valence-corrected chi connectivity index (χ1v) is 9.98. The molecule has 2 aromatic heterocycles. The summed E-state index contributed by atoms with van der Waals surface area (Å²) in [5.74, 6) is 1.34. The molecule has 0 aliphatic carbocycles. The number of aryl methyl sites for hydroxylation is 2. The Hall–Kier alpha value is -2.54. The number of carbonyl (C=O) groups is 1. The second kappa shape index (κ2) is 8.90. The third-order valence-electron chi connectivity index (χ3n) is 4.07. The van der Waals surface area contributed by atoms with Crippen LogP contribution in [0.1, 0.15) is 49.5 Å². The summed E-state index contributed by atoms with van der Waals surface area (Å²) < 4.78 is 5.52. The zero-order valence-electron chi connectivity index (χ0n) is 15.8. The first-order valence-electron chi connectivity index (χ1n) is 9.10. The first-order chi connectivity index (χ1) is 13.0. The van der Waals surface area contributed by atoms with E-state index in [4.69, 9.17) is 4.42 Å². The molecule has 0 aliphatic rings. The number of rotatable bonds is 8. The van der Waals surface area contributed by atoms with Gasteiger partial charge in [-0.15, -0.1) is 21.5 Å². The van der Waals surface area contributed by atoms with Crippen molar-refractivity contribution < 1.29 is 9.21 Å². The molecule has 0 spiro atoms. The van der Waals surface area contributed by atoms with Gasteiger partial charge in [-0.1, -0.05) is 44.2 Å². The lowest BCUT2D eigenvalue weighted by molar-refractivity contribution is -0.122. The van der Waals surface area contributed by atoms with Crippen LogP contribution >= 0.6 is 11.3 Å². The molecule has 7 heteroatoms. The number of carbonyl (C=O) groups excluding carboxylic acids is 1. The van der Waals surface area contributed by atoms with E-state index in [1.165, 1.54) is 0 Å². The van der Waals surface area contributed by atoms with E-state index in [0.29, 0.717) is 30.5 Å². The van der Waals surface area contributed by atoms with Gasteiger partial charge in [0.1, 0.15) is 6.04 Å². The first kappa shape index (κ1) is 19.2. The Balaban J connectivity index is 1.57. The smallest absolute Gasteiger partial charge is 0.238 e. The summed E-state index contributed by atoms with van der Waals surface area (Å²) in [6.07, 6.45) is 1.74. The van der Waals surface area contributed by atoms with Crippen LogP contribution < -0.4 is 5.32 Å². The predicted octanol–water partition coefficient (Wildman–Crippen LogP) is 4.34. The summed E-state index contributed by atoms with van der Waals surface area (Å²) in [6, 6.07) is 9.80. The Bertz CT molecular complexity index is 873. The van der Waals surface area contributed by atoms with Gasteiger partial charge in [-0.05, 0) is 12.3 Å². The fraction of sp³-hybridized carbons (Fsp3) is 0.400. The Labute approximate surface area is 163 Å². The largest absolute Gasteiger partial charge is 0.423 e. The Morgan fingerprint density at radius 1 is 1.22 bits per heavy atom. The Morgan fingerprint density at radius 3 is 2.67 bits per heavy atom. The third kappa shape index (κ3) is 5.47. The average molecular weight is 385 g/mol. The van der Waals surface area contributed by atoms with Crippen molar-refractivity contribution in [3.63, 3.8) is 0 Å². The van der Waals surface area contributed by atoms with Crippen molar-refractivity contribution in [2.45, 2.75) is 46.1 Å². The molecule has 1 aromatic carbocycles. The lowest BCUT2D eigenvalue weighted by atomic mass is 10.0. The summed E-state index contributed by atoms with van der Waals surface area (Å²) >= 11 is 1.58. The van der Waals surface area contributed by atoms with Crippen LogP contribution in [0.4, 0.5) is 0 Å². The Kier molecular flexibility index (Phi) is 6.34. The molecule has 2 heterocycles. The van der Waals surface area contributed by atoms with Gasteiger partial charge >= 0.3 is 0 Å². The number of hydrogen-bond acceptors (Lipinski definition) is 6. The zero-order chi connectivity index (χ0) is 19.2. The molecule has 27 heavy (non-hydrogen) atoms. The van der Waals surface area contributed by atoms with Gasteiger partial charge in [0.25, 0.3) is 0 Å². The molecule has 0 saturated carbocycles. The van der Waals surface area contributed by atoms with Crippen molar-refractivity contribution in [3.8, 4) is 11.3 Å². The number of nitrogens with zero attached hydrogens (tertiary/aromatic N) is 3. The van der Waals surface area contributed by atoms with Crippen LogP contribution in [0.5, 0.6) is 0 Å². The topological polar surface area (TPSA) is 80.9 Å². The minimum atomic E-state index is -0.255. The fourth-order valence-corrected chi connectivity index (χ4v) is 3.61. The summed E-state index contributed by atoms with van der Waals surface area (Å²) in [5, 5.41) is 14.0. The Morgan fingerprint density at radius 2 is 2.00 bits per heavy atom. The molecule has 3 aromatic rings. The molecular formula is C20H24N4O2S. The maximum atomic E-state index is 12.4. The van der Waals surface area contributed by atoms with Gasteiger partial charge in [-0.25, -0.2) is 4.98 Å². The summed E-state index contributed by atoms with van der Waals surface area (Å²) in [7, 11) is 0. The highest BCUT2D eigenvalue weighted by Gasteiger charge is 2.21. The fourth-order valence-electron chi connectivity index (χ4n) is 2.80. The van der Waals surface area contributed by atoms with Crippen molar-refractivity contribution in [2.75, 3.05) is 0 Å². The van der Waals surface area contributed by atoms with Gasteiger partial charge in [0.15, 0.2) is 0 Å². The zero-order valence-corrected chi connectivity index (χ0v) is 16.6. The third-order valence-corrected chi connectivity index (χ3v) is 4.98. The molecule has 0 bridgehead atoms. The number of hydrogen-bond donors (Lipinski definition) is 1. The van der Waals surface area contributed by atoms with Crippen LogP contribution in [0.25, 0.3) is 11.3 Å². The van der Waals surface area contributed by atoms with E-state index in [2.05, 4.69) is 34.3 Å². The van der Waals surface area contributed by atoms with Crippen LogP contribution in [-0.4, -0.2) is 21.1 Å². The molecule has 0 aliphatic heterocycles. The number of aromatic nitrogens is 3. The molecule has 1 amide bonds. The maximum absolute atomic E-state index is 12.4. The van der Waals surface area contributed by atoms with Crippen molar-refractivity contribution in [3.05, 3.63) is 52.5 Å². The lowest BCUT2D eigenvalue weighted by Crippen LogP contribution is -2.30. The highest BCUT2D eigenvalue weighted by atomic mass is 32.1. The number of thiazole rings is 1. The summed E-state index contributed by atoms with van der Waals surface area (Å²) in [5.41, 5.74) is 2.04. The quantitative estimate of drug-likeness (QED) is 0.625. The van der Waals surface area contributed by atoms with Crippen LogP contribution in [0, 0.1) is 12.8 Å². The minimum absolute atomic E-state index is 0.0343. The monoisotopic (exact) mass is 384 g/mol. The average Bonchev–Trinajstić information content (AvgIpc) is 3.29. The van der Waals surface area contributed by atoms with E-state index in [1.54, 1.807) is 18.3 Å². The predicted molar refractivity (Wildman–Crippen MR) is 105 cm³/mol. The molecule has 0 fully saturated rings. The molecule has 1 N–H and O–H groups in total. The van der Waals surface area contributed by atoms with Gasteiger partial charge in [0, 0.05) is 30.7 Å². The molecule has 1 atom stereocenters. The summed E-state index contributed by atoms with van der Waals surface area (Å²) in [4.78, 5) is 17.1. The molecule has 3 rings (SSSR count).